The Kier molecular flexibility index (Phi) is 7.95. The van der Waals surface area contributed by atoms with E-state index in [2.05, 4.69) is 17.0 Å². The number of sulfonamides is 1. The van der Waals surface area contributed by atoms with E-state index < -0.39 is 10.0 Å². The zero-order valence-electron chi connectivity index (χ0n) is 16.8. The molecule has 0 saturated heterocycles. The normalized spacial score (nSPS) is 11.5. The molecule has 152 valence electrons. The number of nitrogens with one attached hydrogen (secondary N) is 2. The van der Waals surface area contributed by atoms with Gasteiger partial charge in [0.05, 0.1) is 10.6 Å². The number of hydrogen-bond donors (Lipinski definition) is 2. The Labute approximate surface area is 172 Å². The summed E-state index contributed by atoms with van der Waals surface area (Å²) in [5, 5.41) is 2.81. The number of anilines is 2. The fraction of sp³-hybridized carbons (Fsp3) is 0.381. The van der Waals surface area contributed by atoms with Gasteiger partial charge in [-0.05, 0) is 55.0 Å². The number of benzene rings is 2. The van der Waals surface area contributed by atoms with Crippen LogP contribution in [-0.2, 0) is 21.2 Å². The average molecular weight is 421 g/mol. The van der Waals surface area contributed by atoms with Crippen LogP contribution < -0.4 is 10.0 Å². The third kappa shape index (κ3) is 6.01. The molecule has 2 N–H and O–H groups in total. The van der Waals surface area contributed by atoms with Gasteiger partial charge >= 0.3 is 0 Å². The molecule has 0 radical (unpaired) electrons. The van der Waals surface area contributed by atoms with Crippen LogP contribution in [0.15, 0.2) is 52.3 Å². The molecule has 5 nitrogen and oxygen atoms in total. The molecule has 0 spiro atoms. The van der Waals surface area contributed by atoms with E-state index in [1.54, 1.807) is 38.1 Å². The number of unbranched alkanes of at least 4 members (excludes halogenated alkanes) is 1. The van der Waals surface area contributed by atoms with Gasteiger partial charge in [0, 0.05) is 16.5 Å². The molecule has 0 aliphatic carbocycles. The van der Waals surface area contributed by atoms with Crippen LogP contribution in [0.4, 0.5) is 11.4 Å². The van der Waals surface area contributed by atoms with Crippen LogP contribution in [0.3, 0.4) is 0 Å². The molecule has 0 atom stereocenters. The van der Waals surface area contributed by atoms with Crippen LogP contribution in [-0.4, -0.2) is 20.6 Å². The number of carbonyl (C=O) groups is 1. The molecular weight excluding hydrogens is 392 g/mol. The second kappa shape index (κ2) is 9.98. The first-order valence-electron chi connectivity index (χ1n) is 9.37. The van der Waals surface area contributed by atoms with Gasteiger partial charge in [-0.2, -0.15) is 0 Å². The van der Waals surface area contributed by atoms with Gasteiger partial charge in [-0.25, -0.2) is 8.42 Å². The number of aryl methyl sites for hydroxylation is 1. The summed E-state index contributed by atoms with van der Waals surface area (Å²) in [5.74, 6) is -0.347. The maximum Gasteiger partial charge on any atom is 0.261 e. The van der Waals surface area contributed by atoms with Crippen LogP contribution in [0.2, 0.25) is 0 Å². The van der Waals surface area contributed by atoms with Gasteiger partial charge in [0.25, 0.3) is 10.0 Å². The van der Waals surface area contributed by atoms with Crippen molar-refractivity contribution in [2.24, 2.45) is 5.92 Å². The maximum atomic E-state index is 12.8. The number of amides is 1. The topological polar surface area (TPSA) is 75.3 Å². The van der Waals surface area contributed by atoms with Crippen molar-refractivity contribution >= 4 is 39.1 Å². The van der Waals surface area contributed by atoms with Crippen molar-refractivity contribution in [3.05, 3.63) is 48.0 Å². The van der Waals surface area contributed by atoms with Gasteiger partial charge in [0.15, 0.2) is 0 Å². The molecule has 2 aromatic carbocycles. The minimum Gasteiger partial charge on any atom is -0.325 e. The van der Waals surface area contributed by atoms with Crippen LogP contribution in [0.1, 0.15) is 39.2 Å². The SMILES string of the molecule is CCCCc1ccc(NS(=O)(=O)c2ccc(SC)c(NC(=O)C(C)C)c2)cc1. The molecule has 7 heteroatoms. The van der Waals surface area contributed by atoms with Crippen molar-refractivity contribution < 1.29 is 13.2 Å². The maximum absolute atomic E-state index is 12.8. The number of hydrogen-bond acceptors (Lipinski definition) is 4. The molecule has 0 saturated carbocycles. The average Bonchev–Trinajstić information content (AvgIpc) is 2.67. The summed E-state index contributed by atoms with van der Waals surface area (Å²) in [4.78, 5) is 13.0. The molecule has 2 rings (SSSR count). The highest BCUT2D eigenvalue weighted by Gasteiger charge is 2.18. The first-order valence-corrected chi connectivity index (χ1v) is 12.1. The van der Waals surface area contributed by atoms with Gasteiger partial charge in [0.2, 0.25) is 5.91 Å². The highest BCUT2D eigenvalue weighted by atomic mass is 32.2. The molecule has 28 heavy (non-hydrogen) atoms. The zero-order valence-corrected chi connectivity index (χ0v) is 18.4. The predicted molar refractivity (Wildman–Crippen MR) is 118 cm³/mol. The number of rotatable bonds is 9. The summed E-state index contributed by atoms with van der Waals surface area (Å²) in [6.45, 7) is 5.73. The lowest BCUT2D eigenvalue weighted by Crippen LogP contribution is -2.19. The molecular formula is C21H28N2O3S2. The zero-order chi connectivity index (χ0) is 20.7. The van der Waals surface area contributed by atoms with E-state index >= 15 is 0 Å². The Morgan fingerprint density at radius 2 is 1.79 bits per heavy atom. The summed E-state index contributed by atoms with van der Waals surface area (Å²) >= 11 is 1.45. The number of thioether (sulfide) groups is 1. The van der Waals surface area contributed by atoms with Crippen molar-refractivity contribution in [2.75, 3.05) is 16.3 Å². The Bertz CT molecular complexity index is 908. The quantitative estimate of drug-likeness (QED) is 0.550. The van der Waals surface area contributed by atoms with E-state index in [0.29, 0.717) is 11.4 Å². The fourth-order valence-electron chi connectivity index (χ4n) is 2.56. The molecule has 0 unspecified atom stereocenters. The van der Waals surface area contributed by atoms with E-state index in [1.165, 1.54) is 23.4 Å². The Hall–Kier alpha value is -1.99. The molecule has 0 aliphatic rings. The van der Waals surface area contributed by atoms with Gasteiger partial charge in [0.1, 0.15) is 0 Å². The third-order valence-electron chi connectivity index (χ3n) is 4.29. The monoisotopic (exact) mass is 420 g/mol. The van der Waals surface area contributed by atoms with Crippen molar-refractivity contribution in [2.45, 2.75) is 49.8 Å². The van der Waals surface area contributed by atoms with Crippen molar-refractivity contribution in [3.63, 3.8) is 0 Å². The van der Waals surface area contributed by atoms with E-state index in [0.717, 1.165) is 24.2 Å². The largest absolute Gasteiger partial charge is 0.325 e. The van der Waals surface area contributed by atoms with Crippen LogP contribution >= 0.6 is 11.8 Å². The predicted octanol–water partition coefficient (Wildman–Crippen LogP) is 5.15. The first-order chi connectivity index (χ1) is 13.3. The molecule has 2 aromatic rings. The molecule has 0 aromatic heterocycles. The van der Waals surface area contributed by atoms with Gasteiger partial charge in [-0.1, -0.05) is 39.3 Å². The Morgan fingerprint density at radius 3 is 2.36 bits per heavy atom. The van der Waals surface area contributed by atoms with Gasteiger partial charge < -0.3 is 5.32 Å². The smallest absolute Gasteiger partial charge is 0.261 e. The summed E-state index contributed by atoms with van der Waals surface area (Å²) in [5.41, 5.74) is 2.21. The van der Waals surface area contributed by atoms with Crippen LogP contribution in [0.5, 0.6) is 0 Å². The second-order valence-electron chi connectivity index (χ2n) is 6.91. The van der Waals surface area contributed by atoms with Crippen molar-refractivity contribution in [1.29, 1.82) is 0 Å². The molecule has 0 heterocycles. The van der Waals surface area contributed by atoms with E-state index in [4.69, 9.17) is 0 Å². The summed E-state index contributed by atoms with van der Waals surface area (Å²) < 4.78 is 28.2. The summed E-state index contributed by atoms with van der Waals surface area (Å²) in [6, 6.07) is 12.2. The van der Waals surface area contributed by atoms with E-state index in [1.807, 2.05) is 18.4 Å². The minimum atomic E-state index is -3.76. The standard InChI is InChI=1S/C21H28N2O3S2/c1-5-6-7-16-8-10-17(11-9-16)23-28(25,26)18-12-13-20(27-4)19(14-18)22-21(24)15(2)3/h8-15,23H,5-7H2,1-4H3,(H,22,24). The second-order valence-corrected chi connectivity index (χ2v) is 9.44. The van der Waals surface area contributed by atoms with Gasteiger partial charge in [-0.3, -0.25) is 9.52 Å². The highest BCUT2D eigenvalue weighted by Crippen LogP contribution is 2.29. The van der Waals surface area contributed by atoms with Crippen LogP contribution in [0.25, 0.3) is 0 Å². The van der Waals surface area contributed by atoms with Crippen molar-refractivity contribution in [1.82, 2.24) is 0 Å². The fourth-order valence-corrected chi connectivity index (χ4v) is 4.18. The van der Waals surface area contributed by atoms with Crippen LogP contribution in [0, 0.1) is 5.92 Å². The summed E-state index contributed by atoms with van der Waals surface area (Å²) in [6.07, 6.45) is 5.10. The van der Waals surface area contributed by atoms with Crippen molar-refractivity contribution in [3.8, 4) is 0 Å². The number of carbonyl (C=O) groups excluding carboxylic acids is 1. The lowest BCUT2D eigenvalue weighted by atomic mass is 10.1. The lowest BCUT2D eigenvalue weighted by molar-refractivity contribution is -0.118. The highest BCUT2D eigenvalue weighted by molar-refractivity contribution is 7.98. The first kappa shape index (κ1) is 22.3. The van der Waals surface area contributed by atoms with Gasteiger partial charge in [-0.15, -0.1) is 11.8 Å². The molecule has 0 aliphatic heterocycles. The third-order valence-corrected chi connectivity index (χ3v) is 6.46. The Balaban J connectivity index is 2.23. The summed E-state index contributed by atoms with van der Waals surface area (Å²) in [7, 11) is -3.76. The minimum absolute atomic E-state index is 0.111. The molecule has 0 fully saturated rings. The molecule has 1 amide bonds. The lowest BCUT2D eigenvalue weighted by Gasteiger charge is -2.14. The Morgan fingerprint density at radius 1 is 1.11 bits per heavy atom. The molecule has 0 bridgehead atoms. The van der Waals surface area contributed by atoms with E-state index in [-0.39, 0.29) is 16.7 Å². The van der Waals surface area contributed by atoms with E-state index in [9.17, 15) is 13.2 Å².